The molecule has 68 valence electrons. The molecule has 11 heavy (non-hydrogen) atoms. The van der Waals surface area contributed by atoms with Crippen molar-refractivity contribution in [3.63, 3.8) is 0 Å². The molecule has 0 spiro atoms. The third kappa shape index (κ3) is 4.38. The molecule has 0 fully saturated rings. The summed E-state index contributed by atoms with van der Waals surface area (Å²) in [6, 6.07) is 0.702. The lowest BCUT2D eigenvalue weighted by Gasteiger charge is -2.25. The zero-order valence-electron chi connectivity index (χ0n) is 8.14. The Bertz CT molecular complexity index is 79.6. The molecule has 0 aromatic rings. The Morgan fingerprint density at radius 2 is 1.82 bits per heavy atom. The predicted octanol–water partition coefficient (Wildman–Crippen LogP) is 1.46. The van der Waals surface area contributed by atoms with Crippen molar-refractivity contribution >= 4 is 0 Å². The SMILES string of the molecule is CCN(CC)[C@H](C)CCCN. The van der Waals surface area contributed by atoms with Crippen LogP contribution in [0.1, 0.15) is 33.6 Å². The van der Waals surface area contributed by atoms with Gasteiger partial charge in [-0.3, -0.25) is 0 Å². The van der Waals surface area contributed by atoms with E-state index in [1.807, 2.05) is 0 Å². The normalized spacial score (nSPS) is 13.9. The van der Waals surface area contributed by atoms with Gasteiger partial charge in [0.25, 0.3) is 0 Å². The maximum atomic E-state index is 5.44. The molecule has 0 heterocycles. The van der Waals surface area contributed by atoms with Crippen molar-refractivity contribution in [1.82, 2.24) is 4.90 Å². The highest BCUT2D eigenvalue weighted by atomic mass is 15.1. The van der Waals surface area contributed by atoms with Crippen molar-refractivity contribution in [2.24, 2.45) is 5.73 Å². The Hall–Kier alpha value is -0.0800. The molecule has 0 aliphatic heterocycles. The van der Waals surface area contributed by atoms with E-state index in [0.29, 0.717) is 6.04 Å². The van der Waals surface area contributed by atoms with Gasteiger partial charge in [-0.05, 0) is 39.4 Å². The second-order valence-electron chi connectivity index (χ2n) is 3.00. The molecule has 0 bridgehead atoms. The predicted molar refractivity (Wildman–Crippen MR) is 50.7 cm³/mol. The minimum Gasteiger partial charge on any atom is -0.330 e. The maximum absolute atomic E-state index is 5.44. The fourth-order valence-corrected chi connectivity index (χ4v) is 1.44. The molecule has 0 aromatic heterocycles. The van der Waals surface area contributed by atoms with Gasteiger partial charge < -0.3 is 10.6 Å². The van der Waals surface area contributed by atoms with Crippen LogP contribution in [0.15, 0.2) is 0 Å². The zero-order chi connectivity index (χ0) is 8.69. The first-order valence-corrected chi connectivity index (χ1v) is 4.70. The van der Waals surface area contributed by atoms with Crippen LogP contribution in [0.25, 0.3) is 0 Å². The van der Waals surface area contributed by atoms with Crippen molar-refractivity contribution in [1.29, 1.82) is 0 Å². The Kier molecular flexibility index (Phi) is 6.57. The van der Waals surface area contributed by atoms with Gasteiger partial charge in [0.05, 0.1) is 0 Å². The molecule has 1 atom stereocenters. The number of rotatable bonds is 6. The molecule has 0 aromatic carbocycles. The fraction of sp³-hybridized carbons (Fsp3) is 1.00. The molecule has 0 rings (SSSR count). The summed E-state index contributed by atoms with van der Waals surface area (Å²) in [6.45, 7) is 9.84. The summed E-state index contributed by atoms with van der Waals surface area (Å²) in [5, 5.41) is 0. The molecule has 0 aliphatic carbocycles. The molecular weight excluding hydrogens is 136 g/mol. The van der Waals surface area contributed by atoms with Gasteiger partial charge in [0.15, 0.2) is 0 Å². The summed E-state index contributed by atoms with van der Waals surface area (Å²) >= 11 is 0. The van der Waals surface area contributed by atoms with Crippen LogP contribution in [0, 0.1) is 0 Å². The third-order valence-corrected chi connectivity index (χ3v) is 2.26. The second-order valence-corrected chi connectivity index (χ2v) is 3.00. The monoisotopic (exact) mass is 158 g/mol. The maximum Gasteiger partial charge on any atom is 0.00671 e. The van der Waals surface area contributed by atoms with Gasteiger partial charge in [0.2, 0.25) is 0 Å². The van der Waals surface area contributed by atoms with Crippen molar-refractivity contribution < 1.29 is 0 Å². The largest absolute Gasteiger partial charge is 0.330 e. The minimum absolute atomic E-state index is 0.702. The first kappa shape index (κ1) is 10.9. The Morgan fingerprint density at radius 3 is 2.18 bits per heavy atom. The van der Waals surface area contributed by atoms with Gasteiger partial charge in [-0.25, -0.2) is 0 Å². The lowest BCUT2D eigenvalue weighted by Crippen LogP contribution is -2.32. The van der Waals surface area contributed by atoms with Crippen LogP contribution >= 0.6 is 0 Å². The Labute approximate surface area is 70.8 Å². The molecule has 0 saturated carbocycles. The summed E-state index contributed by atoms with van der Waals surface area (Å²) in [7, 11) is 0. The first-order chi connectivity index (χ1) is 5.26. The van der Waals surface area contributed by atoms with Crippen molar-refractivity contribution in [3.8, 4) is 0 Å². The Morgan fingerprint density at radius 1 is 1.27 bits per heavy atom. The average molecular weight is 158 g/mol. The summed E-state index contributed by atoms with van der Waals surface area (Å²) in [5.74, 6) is 0. The molecule has 2 N–H and O–H groups in total. The van der Waals surface area contributed by atoms with Crippen LogP contribution in [0.4, 0.5) is 0 Å². The van der Waals surface area contributed by atoms with Crippen LogP contribution in [-0.2, 0) is 0 Å². The molecular formula is C9H22N2. The molecule has 2 heteroatoms. The van der Waals surface area contributed by atoms with E-state index in [9.17, 15) is 0 Å². The van der Waals surface area contributed by atoms with Crippen LogP contribution in [0.5, 0.6) is 0 Å². The molecule has 2 nitrogen and oxygen atoms in total. The Balaban J connectivity index is 3.51. The topological polar surface area (TPSA) is 29.3 Å². The van der Waals surface area contributed by atoms with E-state index in [0.717, 1.165) is 26.1 Å². The number of hydrogen-bond acceptors (Lipinski definition) is 2. The van der Waals surface area contributed by atoms with Gasteiger partial charge >= 0.3 is 0 Å². The third-order valence-electron chi connectivity index (χ3n) is 2.26. The van der Waals surface area contributed by atoms with Gasteiger partial charge in [-0.15, -0.1) is 0 Å². The highest BCUT2D eigenvalue weighted by Crippen LogP contribution is 2.04. The first-order valence-electron chi connectivity index (χ1n) is 4.70. The van der Waals surface area contributed by atoms with E-state index >= 15 is 0 Å². The van der Waals surface area contributed by atoms with Crippen LogP contribution in [0.2, 0.25) is 0 Å². The average Bonchev–Trinajstić information content (AvgIpc) is 2.03. The van der Waals surface area contributed by atoms with Gasteiger partial charge in [-0.1, -0.05) is 13.8 Å². The second kappa shape index (κ2) is 6.62. The van der Waals surface area contributed by atoms with Gasteiger partial charge in [0, 0.05) is 6.04 Å². The zero-order valence-corrected chi connectivity index (χ0v) is 8.14. The quantitative estimate of drug-likeness (QED) is 0.634. The lowest BCUT2D eigenvalue weighted by atomic mass is 10.1. The van der Waals surface area contributed by atoms with Crippen LogP contribution in [0.3, 0.4) is 0 Å². The summed E-state index contributed by atoms with van der Waals surface area (Å²) in [4.78, 5) is 2.47. The van der Waals surface area contributed by atoms with Crippen molar-refractivity contribution in [3.05, 3.63) is 0 Å². The summed E-state index contributed by atoms with van der Waals surface area (Å²) in [5.41, 5.74) is 5.44. The highest BCUT2D eigenvalue weighted by molar-refractivity contribution is 4.64. The van der Waals surface area contributed by atoms with E-state index in [2.05, 4.69) is 25.7 Å². The minimum atomic E-state index is 0.702. The van der Waals surface area contributed by atoms with E-state index in [-0.39, 0.29) is 0 Å². The van der Waals surface area contributed by atoms with Crippen molar-refractivity contribution in [2.75, 3.05) is 19.6 Å². The molecule has 0 aliphatic rings. The van der Waals surface area contributed by atoms with E-state index in [1.165, 1.54) is 6.42 Å². The summed E-state index contributed by atoms with van der Waals surface area (Å²) in [6.07, 6.45) is 2.38. The fourth-order valence-electron chi connectivity index (χ4n) is 1.44. The number of nitrogens with two attached hydrogens (primary N) is 1. The molecule has 0 radical (unpaired) electrons. The smallest absolute Gasteiger partial charge is 0.00671 e. The lowest BCUT2D eigenvalue weighted by molar-refractivity contribution is 0.219. The molecule has 0 unspecified atom stereocenters. The van der Waals surface area contributed by atoms with E-state index in [1.54, 1.807) is 0 Å². The van der Waals surface area contributed by atoms with Crippen molar-refractivity contribution in [2.45, 2.75) is 39.7 Å². The van der Waals surface area contributed by atoms with Crippen LogP contribution < -0.4 is 5.73 Å². The van der Waals surface area contributed by atoms with Crippen LogP contribution in [-0.4, -0.2) is 30.6 Å². The number of hydrogen-bond donors (Lipinski definition) is 1. The van der Waals surface area contributed by atoms with E-state index in [4.69, 9.17) is 5.73 Å². The highest BCUT2D eigenvalue weighted by Gasteiger charge is 2.07. The van der Waals surface area contributed by atoms with Gasteiger partial charge in [0.1, 0.15) is 0 Å². The summed E-state index contributed by atoms with van der Waals surface area (Å²) < 4.78 is 0. The van der Waals surface area contributed by atoms with Gasteiger partial charge in [-0.2, -0.15) is 0 Å². The number of nitrogens with zero attached hydrogens (tertiary/aromatic N) is 1. The molecule has 0 saturated heterocycles. The molecule has 0 amide bonds. The van der Waals surface area contributed by atoms with E-state index < -0.39 is 0 Å². The standard InChI is InChI=1S/C9H22N2/c1-4-11(5-2)9(3)7-6-8-10/h9H,4-8,10H2,1-3H3/t9-/m1/s1.